The Kier molecular flexibility index (Phi) is 4.79. The minimum absolute atomic E-state index is 0.100. The van der Waals surface area contributed by atoms with Gasteiger partial charge in [-0.15, -0.1) is 0 Å². The molecule has 0 heterocycles. The van der Waals surface area contributed by atoms with Crippen LogP contribution in [0, 0.1) is 33.5 Å². The number of hydrogen-bond acceptors (Lipinski definition) is 1. The number of aryl methyl sites for hydroxylation is 4. The highest BCUT2D eigenvalue weighted by molar-refractivity contribution is 5.45. The van der Waals surface area contributed by atoms with Crippen LogP contribution in [0.2, 0.25) is 0 Å². The summed E-state index contributed by atoms with van der Waals surface area (Å²) in [7, 11) is 0. The van der Waals surface area contributed by atoms with E-state index in [2.05, 4.69) is 50.4 Å². The zero-order chi connectivity index (χ0) is 15.6. The van der Waals surface area contributed by atoms with Crippen molar-refractivity contribution in [3.8, 4) is 0 Å². The lowest BCUT2D eigenvalue weighted by Crippen LogP contribution is -2.25. The second-order valence-corrected chi connectivity index (χ2v) is 5.77. The first kappa shape index (κ1) is 15.7. The third-order valence-electron chi connectivity index (χ3n) is 4.01. The highest BCUT2D eigenvalue weighted by atomic mass is 19.1. The molecule has 0 aliphatic carbocycles. The molecule has 0 saturated heterocycles. The third kappa shape index (κ3) is 3.16. The summed E-state index contributed by atoms with van der Waals surface area (Å²) in [6.07, 6.45) is 0. The predicted molar refractivity (Wildman–Crippen MR) is 87.3 cm³/mol. The van der Waals surface area contributed by atoms with Gasteiger partial charge >= 0.3 is 0 Å². The van der Waals surface area contributed by atoms with Crippen molar-refractivity contribution in [3.63, 3.8) is 0 Å². The third-order valence-corrected chi connectivity index (χ3v) is 4.01. The Labute approximate surface area is 127 Å². The fraction of sp³-hybridized carbons (Fsp3) is 0.368. The lowest BCUT2D eigenvalue weighted by atomic mass is 9.88. The Morgan fingerprint density at radius 3 is 2.10 bits per heavy atom. The van der Waals surface area contributed by atoms with E-state index in [4.69, 9.17) is 0 Å². The van der Waals surface area contributed by atoms with Gasteiger partial charge in [-0.05, 0) is 68.1 Å². The van der Waals surface area contributed by atoms with Crippen LogP contribution in [0.5, 0.6) is 0 Å². The molecule has 1 N–H and O–H groups in total. The van der Waals surface area contributed by atoms with Crippen LogP contribution >= 0.6 is 0 Å². The molecule has 2 aromatic carbocycles. The van der Waals surface area contributed by atoms with E-state index in [1.165, 1.54) is 16.7 Å². The van der Waals surface area contributed by atoms with E-state index in [0.29, 0.717) is 0 Å². The molecule has 2 aromatic rings. The van der Waals surface area contributed by atoms with E-state index < -0.39 is 0 Å². The largest absolute Gasteiger partial charge is 0.306 e. The SMILES string of the molecule is CCNC(c1c(C)cccc1C)c1c(C)cc(C)cc1F. The van der Waals surface area contributed by atoms with E-state index in [1.807, 2.05) is 13.8 Å². The Morgan fingerprint density at radius 1 is 0.952 bits per heavy atom. The lowest BCUT2D eigenvalue weighted by Gasteiger charge is -2.25. The molecule has 0 radical (unpaired) electrons. The molecule has 1 unspecified atom stereocenters. The van der Waals surface area contributed by atoms with E-state index in [0.717, 1.165) is 23.2 Å². The molecule has 0 aliphatic heterocycles. The topological polar surface area (TPSA) is 12.0 Å². The molecule has 0 fully saturated rings. The Morgan fingerprint density at radius 2 is 1.57 bits per heavy atom. The van der Waals surface area contributed by atoms with Gasteiger partial charge in [0.05, 0.1) is 6.04 Å². The fourth-order valence-corrected chi connectivity index (χ4v) is 3.13. The van der Waals surface area contributed by atoms with Gasteiger partial charge in [-0.25, -0.2) is 4.39 Å². The van der Waals surface area contributed by atoms with Gasteiger partial charge in [0.25, 0.3) is 0 Å². The molecule has 1 atom stereocenters. The van der Waals surface area contributed by atoms with Crippen LogP contribution in [0.3, 0.4) is 0 Å². The first-order valence-corrected chi connectivity index (χ1v) is 7.51. The van der Waals surface area contributed by atoms with Gasteiger partial charge in [0.2, 0.25) is 0 Å². The number of hydrogen-bond donors (Lipinski definition) is 1. The maximum Gasteiger partial charge on any atom is 0.128 e. The zero-order valence-electron chi connectivity index (χ0n) is 13.5. The molecule has 0 amide bonds. The number of nitrogens with one attached hydrogen (secondary N) is 1. The molecule has 2 heteroatoms. The van der Waals surface area contributed by atoms with Crippen molar-refractivity contribution in [1.82, 2.24) is 5.32 Å². The maximum atomic E-state index is 14.6. The molecule has 21 heavy (non-hydrogen) atoms. The monoisotopic (exact) mass is 285 g/mol. The van der Waals surface area contributed by atoms with Crippen LogP contribution in [0.1, 0.15) is 46.3 Å². The van der Waals surface area contributed by atoms with Crippen molar-refractivity contribution in [2.24, 2.45) is 0 Å². The molecule has 112 valence electrons. The average Bonchev–Trinajstić information content (AvgIpc) is 2.37. The van der Waals surface area contributed by atoms with Gasteiger partial charge in [-0.2, -0.15) is 0 Å². The van der Waals surface area contributed by atoms with Gasteiger partial charge in [0, 0.05) is 5.56 Å². The quantitative estimate of drug-likeness (QED) is 0.854. The van der Waals surface area contributed by atoms with Crippen LogP contribution < -0.4 is 5.32 Å². The normalized spacial score (nSPS) is 12.5. The minimum Gasteiger partial charge on any atom is -0.306 e. The zero-order valence-corrected chi connectivity index (χ0v) is 13.5. The second-order valence-electron chi connectivity index (χ2n) is 5.77. The van der Waals surface area contributed by atoms with E-state index >= 15 is 0 Å². The first-order chi connectivity index (χ1) is 9.95. The summed E-state index contributed by atoms with van der Waals surface area (Å²) in [5.74, 6) is -0.124. The van der Waals surface area contributed by atoms with Crippen molar-refractivity contribution >= 4 is 0 Å². The van der Waals surface area contributed by atoms with Crippen molar-refractivity contribution in [2.45, 2.75) is 40.7 Å². The van der Waals surface area contributed by atoms with Gasteiger partial charge < -0.3 is 5.32 Å². The minimum atomic E-state index is -0.124. The van der Waals surface area contributed by atoms with E-state index in [-0.39, 0.29) is 11.9 Å². The second kappa shape index (κ2) is 6.40. The smallest absolute Gasteiger partial charge is 0.128 e. The highest BCUT2D eigenvalue weighted by Gasteiger charge is 2.22. The summed E-state index contributed by atoms with van der Waals surface area (Å²) in [4.78, 5) is 0. The lowest BCUT2D eigenvalue weighted by molar-refractivity contribution is 0.552. The fourth-order valence-electron chi connectivity index (χ4n) is 3.13. The predicted octanol–water partition coefficient (Wildman–Crippen LogP) is 4.76. The van der Waals surface area contributed by atoms with Crippen molar-refractivity contribution in [1.29, 1.82) is 0 Å². The average molecular weight is 285 g/mol. The van der Waals surface area contributed by atoms with Crippen molar-refractivity contribution < 1.29 is 4.39 Å². The maximum absolute atomic E-state index is 14.6. The van der Waals surface area contributed by atoms with Crippen LogP contribution in [-0.4, -0.2) is 6.54 Å². The summed E-state index contributed by atoms with van der Waals surface area (Å²) in [5.41, 5.74) is 6.30. The Balaban J connectivity index is 2.65. The summed E-state index contributed by atoms with van der Waals surface area (Å²) in [6, 6.07) is 9.81. The van der Waals surface area contributed by atoms with E-state index in [9.17, 15) is 4.39 Å². The summed E-state index contributed by atoms with van der Waals surface area (Å²) >= 11 is 0. The number of halogens is 1. The summed E-state index contributed by atoms with van der Waals surface area (Å²) < 4.78 is 14.6. The van der Waals surface area contributed by atoms with Crippen LogP contribution in [0.4, 0.5) is 4.39 Å². The standard InChI is InChI=1S/C19H24FN/c1-6-21-19(17-13(3)8-7-9-14(17)4)18-15(5)10-12(2)11-16(18)20/h7-11,19,21H,6H2,1-5H3. The molecule has 0 bridgehead atoms. The molecule has 0 spiro atoms. The molecular weight excluding hydrogens is 261 g/mol. The first-order valence-electron chi connectivity index (χ1n) is 7.51. The summed E-state index contributed by atoms with van der Waals surface area (Å²) in [5, 5.41) is 3.46. The summed E-state index contributed by atoms with van der Waals surface area (Å²) in [6.45, 7) is 11.0. The van der Waals surface area contributed by atoms with Gasteiger partial charge in [0.15, 0.2) is 0 Å². The molecule has 0 aliphatic rings. The van der Waals surface area contributed by atoms with Crippen molar-refractivity contribution in [3.05, 3.63) is 69.5 Å². The van der Waals surface area contributed by atoms with Gasteiger partial charge in [-0.3, -0.25) is 0 Å². The van der Waals surface area contributed by atoms with Crippen LogP contribution in [0.25, 0.3) is 0 Å². The van der Waals surface area contributed by atoms with Gasteiger partial charge in [0.1, 0.15) is 5.82 Å². The van der Waals surface area contributed by atoms with Crippen LogP contribution in [0.15, 0.2) is 30.3 Å². The molecular formula is C19H24FN. The molecule has 0 aromatic heterocycles. The highest BCUT2D eigenvalue weighted by Crippen LogP contribution is 2.32. The van der Waals surface area contributed by atoms with Crippen molar-refractivity contribution in [2.75, 3.05) is 6.54 Å². The Hall–Kier alpha value is -1.67. The van der Waals surface area contributed by atoms with Gasteiger partial charge in [-0.1, -0.05) is 31.2 Å². The number of benzene rings is 2. The molecule has 0 saturated carbocycles. The molecule has 2 rings (SSSR count). The van der Waals surface area contributed by atoms with E-state index in [1.54, 1.807) is 6.07 Å². The Bertz CT molecular complexity index is 603. The molecule has 1 nitrogen and oxygen atoms in total. The number of rotatable bonds is 4. The van der Waals surface area contributed by atoms with Crippen LogP contribution in [-0.2, 0) is 0 Å².